The second-order valence-corrected chi connectivity index (χ2v) is 6.41. The minimum atomic E-state index is -0.127. The molecule has 0 aliphatic heterocycles. The maximum atomic E-state index is 13.3. The molecule has 1 aliphatic rings. The van der Waals surface area contributed by atoms with Gasteiger partial charge in [0.15, 0.2) is 0 Å². The summed E-state index contributed by atoms with van der Waals surface area (Å²) in [5.74, 6) is 2.65. The summed E-state index contributed by atoms with van der Waals surface area (Å²) in [6.45, 7) is 5.39. The van der Waals surface area contributed by atoms with Crippen molar-refractivity contribution in [2.75, 3.05) is 6.54 Å². The summed E-state index contributed by atoms with van der Waals surface area (Å²) in [4.78, 5) is 0. The van der Waals surface area contributed by atoms with Gasteiger partial charge in [-0.3, -0.25) is 0 Å². The molecule has 3 atom stereocenters. The number of halogens is 1. The fourth-order valence-electron chi connectivity index (χ4n) is 3.50. The molecular formula is C17H26FN. The zero-order chi connectivity index (χ0) is 13.8. The first-order valence-electron chi connectivity index (χ1n) is 7.54. The molecule has 0 saturated heterocycles. The van der Waals surface area contributed by atoms with E-state index in [-0.39, 0.29) is 5.82 Å². The Morgan fingerprint density at radius 1 is 1.26 bits per heavy atom. The predicted octanol–water partition coefficient (Wildman–Crippen LogP) is 4.02. The van der Waals surface area contributed by atoms with Crippen molar-refractivity contribution in [1.82, 2.24) is 0 Å². The van der Waals surface area contributed by atoms with Gasteiger partial charge in [-0.25, -0.2) is 4.39 Å². The average molecular weight is 263 g/mol. The standard InChI is InChI=1S/C17H26FN/c1-12(2)14-6-7-15(11-19)16(10-14)8-13-4-3-5-17(18)9-13/h3-5,9,12,14-16H,6-8,10-11,19H2,1-2H3. The molecule has 1 aromatic rings. The second kappa shape index (κ2) is 6.51. The van der Waals surface area contributed by atoms with Gasteiger partial charge in [0.05, 0.1) is 0 Å². The molecule has 0 radical (unpaired) electrons. The van der Waals surface area contributed by atoms with E-state index in [4.69, 9.17) is 5.73 Å². The quantitative estimate of drug-likeness (QED) is 0.872. The lowest BCUT2D eigenvalue weighted by molar-refractivity contribution is 0.151. The summed E-state index contributed by atoms with van der Waals surface area (Å²) in [6.07, 6.45) is 4.76. The summed E-state index contributed by atoms with van der Waals surface area (Å²) in [5, 5.41) is 0. The van der Waals surface area contributed by atoms with Gasteiger partial charge in [0, 0.05) is 0 Å². The van der Waals surface area contributed by atoms with Crippen molar-refractivity contribution in [2.24, 2.45) is 29.4 Å². The van der Waals surface area contributed by atoms with Crippen LogP contribution in [0.1, 0.15) is 38.7 Å². The van der Waals surface area contributed by atoms with E-state index >= 15 is 0 Å². The smallest absolute Gasteiger partial charge is 0.123 e. The molecule has 1 saturated carbocycles. The van der Waals surface area contributed by atoms with Crippen LogP contribution in [0.5, 0.6) is 0 Å². The maximum Gasteiger partial charge on any atom is 0.123 e. The van der Waals surface area contributed by atoms with Gasteiger partial charge in [-0.1, -0.05) is 26.0 Å². The lowest BCUT2D eigenvalue weighted by Crippen LogP contribution is -2.33. The Labute approximate surface area is 116 Å². The number of benzene rings is 1. The van der Waals surface area contributed by atoms with Crippen LogP contribution in [0.3, 0.4) is 0 Å². The Kier molecular flexibility index (Phi) is 4.98. The lowest BCUT2D eigenvalue weighted by Gasteiger charge is -2.37. The van der Waals surface area contributed by atoms with E-state index in [1.165, 1.54) is 25.3 Å². The van der Waals surface area contributed by atoms with Gasteiger partial charge in [0.1, 0.15) is 5.82 Å². The minimum Gasteiger partial charge on any atom is -0.330 e. The molecule has 0 heterocycles. The highest BCUT2D eigenvalue weighted by atomic mass is 19.1. The van der Waals surface area contributed by atoms with Crippen LogP contribution in [0.4, 0.5) is 4.39 Å². The van der Waals surface area contributed by atoms with E-state index in [2.05, 4.69) is 13.8 Å². The van der Waals surface area contributed by atoms with Crippen LogP contribution < -0.4 is 5.73 Å². The van der Waals surface area contributed by atoms with Crippen molar-refractivity contribution in [1.29, 1.82) is 0 Å². The molecule has 1 aliphatic carbocycles. The number of hydrogen-bond donors (Lipinski definition) is 1. The molecule has 0 bridgehead atoms. The lowest BCUT2D eigenvalue weighted by atomic mass is 9.69. The second-order valence-electron chi connectivity index (χ2n) is 6.41. The third-order valence-electron chi connectivity index (χ3n) is 4.81. The number of rotatable bonds is 4. The van der Waals surface area contributed by atoms with Gasteiger partial charge >= 0.3 is 0 Å². The van der Waals surface area contributed by atoms with Gasteiger partial charge in [-0.2, -0.15) is 0 Å². The van der Waals surface area contributed by atoms with Crippen LogP contribution in [-0.2, 0) is 6.42 Å². The zero-order valence-electron chi connectivity index (χ0n) is 12.1. The summed E-state index contributed by atoms with van der Waals surface area (Å²) in [6, 6.07) is 7.04. The third-order valence-corrected chi connectivity index (χ3v) is 4.81. The fraction of sp³-hybridized carbons (Fsp3) is 0.647. The van der Waals surface area contributed by atoms with Crippen molar-refractivity contribution in [3.8, 4) is 0 Å². The van der Waals surface area contributed by atoms with Gasteiger partial charge in [0.25, 0.3) is 0 Å². The van der Waals surface area contributed by atoms with Gasteiger partial charge in [-0.15, -0.1) is 0 Å². The van der Waals surface area contributed by atoms with E-state index < -0.39 is 0 Å². The molecule has 3 unspecified atom stereocenters. The Morgan fingerprint density at radius 3 is 2.68 bits per heavy atom. The molecular weight excluding hydrogens is 237 g/mol. The highest BCUT2D eigenvalue weighted by Gasteiger charge is 2.30. The van der Waals surface area contributed by atoms with Crippen LogP contribution in [0.25, 0.3) is 0 Å². The molecule has 0 aromatic heterocycles. The first-order chi connectivity index (χ1) is 9.10. The first-order valence-corrected chi connectivity index (χ1v) is 7.54. The number of nitrogens with two attached hydrogens (primary N) is 1. The Morgan fingerprint density at radius 2 is 2.05 bits per heavy atom. The fourth-order valence-corrected chi connectivity index (χ4v) is 3.50. The topological polar surface area (TPSA) is 26.0 Å². The molecule has 19 heavy (non-hydrogen) atoms. The van der Waals surface area contributed by atoms with E-state index in [0.717, 1.165) is 30.4 Å². The molecule has 0 spiro atoms. The number of hydrogen-bond acceptors (Lipinski definition) is 1. The SMILES string of the molecule is CC(C)C1CCC(CN)C(Cc2cccc(F)c2)C1. The van der Waals surface area contributed by atoms with E-state index in [0.29, 0.717) is 11.8 Å². The van der Waals surface area contributed by atoms with Crippen molar-refractivity contribution in [3.05, 3.63) is 35.6 Å². The highest BCUT2D eigenvalue weighted by Crippen LogP contribution is 2.38. The van der Waals surface area contributed by atoms with Crippen LogP contribution in [0.2, 0.25) is 0 Å². The first kappa shape index (κ1) is 14.5. The normalized spacial score (nSPS) is 27.7. The summed E-state index contributed by atoms with van der Waals surface area (Å²) in [5.41, 5.74) is 7.04. The van der Waals surface area contributed by atoms with Gasteiger partial charge in [0.2, 0.25) is 0 Å². The Balaban J connectivity index is 2.06. The maximum absolute atomic E-state index is 13.3. The molecule has 1 aromatic carbocycles. The van der Waals surface area contributed by atoms with E-state index in [1.54, 1.807) is 6.07 Å². The molecule has 1 nitrogen and oxygen atoms in total. The van der Waals surface area contributed by atoms with Crippen LogP contribution in [-0.4, -0.2) is 6.54 Å². The third kappa shape index (κ3) is 3.79. The Bertz CT molecular complexity index is 402. The van der Waals surface area contributed by atoms with Crippen molar-refractivity contribution in [2.45, 2.75) is 39.5 Å². The van der Waals surface area contributed by atoms with Crippen LogP contribution in [0.15, 0.2) is 24.3 Å². The minimum absolute atomic E-state index is 0.127. The highest BCUT2D eigenvalue weighted by molar-refractivity contribution is 5.17. The van der Waals surface area contributed by atoms with Gasteiger partial charge in [-0.05, 0) is 73.6 Å². The Hall–Kier alpha value is -0.890. The molecule has 106 valence electrons. The van der Waals surface area contributed by atoms with Crippen molar-refractivity contribution >= 4 is 0 Å². The van der Waals surface area contributed by atoms with Crippen LogP contribution >= 0.6 is 0 Å². The molecule has 2 rings (SSSR count). The van der Waals surface area contributed by atoms with Crippen LogP contribution in [0, 0.1) is 29.5 Å². The molecule has 1 fully saturated rings. The van der Waals surface area contributed by atoms with Gasteiger partial charge < -0.3 is 5.73 Å². The van der Waals surface area contributed by atoms with E-state index in [1.807, 2.05) is 12.1 Å². The molecule has 2 N–H and O–H groups in total. The summed E-state index contributed by atoms with van der Waals surface area (Å²) < 4.78 is 13.3. The summed E-state index contributed by atoms with van der Waals surface area (Å²) >= 11 is 0. The largest absolute Gasteiger partial charge is 0.330 e. The monoisotopic (exact) mass is 263 g/mol. The average Bonchev–Trinajstić information content (AvgIpc) is 2.38. The van der Waals surface area contributed by atoms with E-state index in [9.17, 15) is 4.39 Å². The summed E-state index contributed by atoms with van der Waals surface area (Å²) in [7, 11) is 0. The molecule has 0 amide bonds. The zero-order valence-corrected chi connectivity index (χ0v) is 12.1. The van der Waals surface area contributed by atoms with Crippen molar-refractivity contribution in [3.63, 3.8) is 0 Å². The molecule has 2 heteroatoms. The van der Waals surface area contributed by atoms with Crippen molar-refractivity contribution < 1.29 is 4.39 Å². The predicted molar refractivity (Wildman–Crippen MR) is 78.3 cm³/mol.